The molecule has 0 aromatic carbocycles. The van der Waals surface area contributed by atoms with Crippen molar-refractivity contribution in [3.63, 3.8) is 0 Å². The molecule has 0 bridgehead atoms. The highest BCUT2D eigenvalue weighted by atomic mass is 15.4. The molecular weight excluding hydrogens is 314 g/mol. The van der Waals surface area contributed by atoms with Crippen LogP contribution in [0.15, 0.2) is 18.5 Å². The third-order valence-corrected chi connectivity index (χ3v) is 5.87. The number of fused-ring (bicyclic) bond motifs is 1. The minimum absolute atomic E-state index is 0.700. The zero-order valence-corrected chi connectivity index (χ0v) is 14.6. The van der Waals surface area contributed by atoms with Crippen LogP contribution < -0.4 is 4.90 Å². The summed E-state index contributed by atoms with van der Waals surface area (Å²) in [6.45, 7) is 7.61. The largest absolute Gasteiger partial charge is 0.338 e. The maximum absolute atomic E-state index is 4.54. The quantitative estimate of drug-likeness (QED) is 0.884. The van der Waals surface area contributed by atoms with E-state index in [1.165, 1.54) is 49.3 Å². The molecule has 2 aliphatic heterocycles. The summed E-state index contributed by atoms with van der Waals surface area (Å²) in [4.78, 5) is 16.2. The summed E-state index contributed by atoms with van der Waals surface area (Å²) in [5, 5.41) is 7.77. The zero-order chi connectivity index (χ0) is 16.6. The van der Waals surface area contributed by atoms with Crippen LogP contribution in [0, 0.1) is 0 Å². The monoisotopic (exact) mass is 339 g/mol. The van der Waals surface area contributed by atoms with Gasteiger partial charge < -0.3 is 4.90 Å². The third-order valence-electron chi connectivity index (χ3n) is 5.87. The molecule has 2 saturated heterocycles. The smallest absolute Gasteiger partial charge is 0.225 e. The minimum atomic E-state index is 0.700. The van der Waals surface area contributed by atoms with Crippen LogP contribution in [0.4, 0.5) is 5.95 Å². The molecule has 25 heavy (non-hydrogen) atoms. The number of likely N-dealkylation sites (tertiary alicyclic amines) is 1. The second-order valence-electron chi connectivity index (χ2n) is 7.40. The first-order valence-electron chi connectivity index (χ1n) is 9.40. The molecule has 1 aliphatic carbocycles. The fourth-order valence-electron chi connectivity index (χ4n) is 4.37. The molecule has 2 aromatic rings. The Kier molecular flexibility index (Phi) is 3.90. The SMILES string of the molecule is c1cnc(N2CCN(C3CN(Cc4n[nH]c5c4CCC5)C3)CC2)nc1. The summed E-state index contributed by atoms with van der Waals surface area (Å²) in [5.74, 6) is 0.866. The maximum atomic E-state index is 4.54. The predicted molar refractivity (Wildman–Crippen MR) is 95.5 cm³/mol. The van der Waals surface area contributed by atoms with Gasteiger partial charge in [0.2, 0.25) is 5.95 Å². The Morgan fingerprint density at radius 2 is 1.84 bits per heavy atom. The lowest BCUT2D eigenvalue weighted by Crippen LogP contribution is -2.62. The number of hydrogen-bond acceptors (Lipinski definition) is 6. The van der Waals surface area contributed by atoms with Crippen molar-refractivity contribution in [3.05, 3.63) is 35.4 Å². The molecule has 7 nitrogen and oxygen atoms in total. The van der Waals surface area contributed by atoms with Crippen LogP contribution in [0.25, 0.3) is 0 Å². The van der Waals surface area contributed by atoms with Gasteiger partial charge in [0.05, 0.1) is 5.69 Å². The number of piperazine rings is 1. The van der Waals surface area contributed by atoms with Gasteiger partial charge in [-0.2, -0.15) is 5.10 Å². The van der Waals surface area contributed by atoms with Gasteiger partial charge in [0, 0.05) is 69.9 Å². The molecule has 0 atom stereocenters. The Labute approximate surface area is 148 Å². The van der Waals surface area contributed by atoms with Crippen molar-refractivity contribution < 1.29 is 0 Å². The number of aryl methyl sites for hydroxylation is 1. The van der Waals surface area contributed by atoms with Crippen LogP contribution in [0.5, 0.6) is 0 Å². The van der Waals surface area contributed by atoms with E-state index in [2.05, 4.69) is 34.9 Å². The molecule has 132 valence electrons. The van der Waals surface area contributed by atoms with Gasteiger partial charge in [-0.15, -0.1) is 0 Å². The molecule has 0 spiro atoms. The van der Waals surface area contributed by atoms with Crippen LogP contribution in [0.1, 0.15) is 23.4 Å². The van der Waals surface area contributed by atoms with E-state index in [9.17, 15) is 0 Å². The van der Waals surface area contributed by atoms with Crippen LogP contribution in [-0.4, -0.2) is 75.3 Å². The number of nitrogens with zero attached hydrogens (tertiary/aromatic N) is 6. The first-order valence-corrected chi connectivity index (χ1v) is 9.40. The lowest BCUT2D eigenvalue weighted by molar-refractivity contribution is 0.0246. The average molecular weight is 339 g/mol. The van der Waals surface area contributed by atoms with E-state index in [1.54, 1.807) is 0 Å². The number of nitrogens with one attached hydrogen (secondary N) is 1. The van der Waals surface area contributed by atoms with Crippen LogP contribution in [0.3, 0.4) is 0 Å². The van der Waals surface area contributed by atoms with Gasteiger partial charge in [-0.1, -0.05) is 0 Å². The fraction of sp³-hybridized carbons (Fsp3) is 0.611. The summed E-state index contributed by atoms with van der Waals surface area (Å²) in [6.07, 6.45) is 7.33. The Bertz CT molecular complexity index is 714. The van der Waals surface area contributed by atoms with Gasteiger partial charge in [-0.3, -0.25) is 14.9 Å². The van der Waals surface area contributed by atoms with E-state index >= 15 is 0 Å². The lowest BCUT2D eigenvalue weighted by atomic mass is 10.0. The van der Waals surface area contributed by atoms with Crippen molar-refractivity contribution in [2.45, 2.75) is 31.8 Å². The van der Waals surface area contributed by atoms with Crippen molar-refractivity contribution in [3.8, 4) is 0 Å². The van der Waals surface area contributed by atoms with Crippen LogP contribution in [0.2, 0.25) is 0 Å². The molecule has 0 unspecified atom stereocenters. The number of hydrogen-bond donors (Lipinski definition) is 1. The molecule has 0 radical (unpaired) electrons. The topological polar surface area (TPSA) is 64.2 Å². The van der Waals surface area contributed by atoms with E-state index in [4.69, 9.17) is 0 Å². The van der Waals surface area contributed by atoms with Crippen LogP contribution in [-0.2, 0) is 19.4 Å². The van der Waals surface area contributed by atoms with Gasteiger partial charge in [0.25, 0.3) is 0 Å². The standard InChI is InChI=1S/C18H25N7/c1-3-15-16(4-1)21-22-17(15)13-23-11-14(12-23)24-7-9-25(10-8-24)18-19-5-2-6-20-18/h2,5-6,14H,1,3-4,7-13H2,(H,21,22). The van der Waals surface area contributed by atoms with Gasteiger partial charge >= 0.3 is 0 Å². The molecule has 5 rings (SSSR count). The lowest BCUT2D eigenvalue weighted by Gasteiger charge is -2.48. The second kappa shape index (κ2) is 6.38. The van der Waals surface area contributed by atoms with Crippen molar-refractivity contribution in [2.24, 2.45) is 0 Å². The van der Waals surface area contributed by atoms with Gasteiger partial charge in [-0.05, 0) is 30.9 Å². The van der Waals surface area contributed by atoms with Crippen LogP contribution >= 0.6 is 0 Å². The number of aromatic amines is 1. The molecule has 4 heterocycles. The minimum Gasteiger partial charge on any atom is -0.338 e. The first kappa shape index (κ1) is 15.3. The highest BCUT2D eigenvalue weighted by molar-refractivity contribution is 5.30. The maximum Gasteiger partial charge on any atom is 0.225 e. The molecule has 7 heteroatoms. The summed E-state index contributed by atoms with van der Waals surface area (Å²) in [6, 6.07) is 2.57. The molecule has 2 aromatic heterocycles. The average Bonchev–Trinajstić information content (AvgIpc) is 3.23. The third kappa shape index (κ3) is 2.91. The summed E-state index contributed by atoms with van der Waals surface area (Å²) < 4.78 is 0. The van der Waals surface area contributed by atoms with E-state index in [1.807, 2.05) is 18.5 Å². The van der Waals surface area contributed by atoms with E-state index < -0.39 is 0 Å². The Balaban J connectivity index is 1.11. The summed E-state index contributed by atoms with van der Waals surface area (Å²) >= 11 is 0. The van der Waals surface area contributed by atoms with Crippen molar-refractivity contribution in [1.82, 2.24) is 30.0 Å². The molecule has 2 fully saturated rings. The Morgan fingerprint density at radius 1 is 1.04 bits per heavy atom. The molecule has 0 amide bonds. The second-order valence-corrected chi connectivity index (χ2v) is 7.40. The van der Waals surface area contributed by atoms with Crippen molar-refractivity contribution >= 4 is 5.95 Å². The summed E-state index contributed by atoms with van der Waals surface area (Å²) in [7, 11) is 0. The zero-order valence-electron chi connectivity index (χ0n) is 14.6. The number of anilines is 1. The van der Waals surface area contributed by atoms with E-state index in [0.29, 0.717) is 6.04 Å². The number of aromatic nitrogens is 4. The highest BCUT2D eigenvalue weighted by Gasteiger charge is 2.34. The number of rotatable bonds is 4. The Morgan fingerprint density at radius 3 is 2.64 bits per heavy atom. The first-order chi connectivity index (χ1) is 12.4. The Hall–Kier alpha value is -1.99. The van der Waals surface area contributed by atoms with E-state index in [0.717, 1.165) is 38.7 Å². The van der Waals surface area contributed by atoms with Crippen molar-refractivity contribution in [2.75, 3.05) is 44.2 Å². The number of H-pyrrole nitrogens is 1. The van der Waals surface area contributed by atoms with Crippen molar-refractivity contribution in [1.29, 1.82) is 0 Å². The highest BCUT2D eigenvalue weighted by Crippen LogP contribution is 2.26. The van der Waals surface area contributed by atoms with E-state index in [-0.39, 0.29) is 0 Å². The molecule has 1 N–H and O–H groups in total. The van der Waals surface area contributed by atoms with Gasteiger partial charge in [0.1, 0.15) is 0 Å². The predicted octanol–water partition coefficient (Wildman–Crippen LogP) is 0.695. The van der Waals surface area contributed by atoms with Gasteiger partial charge in [-0.25, -0.2) is 9.97 Å². The molecule has 3 aliphatic rings. The molecular formula is C18H25N7. The normalized spacial score (nSPS) is 22.2. The molecule has 0 saturated carbocycles. The van der Waals surface area contributed by atoms with Gasteiger partial charge in [0.15, 0.2) is 0 Å². The fourth-order valence-corrected chi connectivity index (χ4v) is 4.37. The summed E-state index contributed by atoms with van der Waals surface area (Å²) in [5.41, 5.74) is 4.17.